The molecule has 0 aliphatic rings. The van der Waals surface area contributed by atoms with E-state index >= 15 is 0 Å². The van der Waals surface area contributed by atoms with Crippen LogP contribution in [0.5, 0.6) is 0 Å². The van der Waals surface area contributed by atoms with Gasteiger partial charge < -0.3 is 20.0 Å². The molecule has 0 aromatic carbocycles. The molecule has 0 radical (unpaired) electrons. The standard InChI is InChI=1S/C7H15O6P/c1-7(10,14(11,12)13)5-3-2-4-6(8)9/h10H,2-5H2,1H3,(H,8,9)(H2,11,12,13). The molecular formula is C7H15O6P. The highest BCUT2D eigenvalue weighted by Crippen LogP contribution is 2.50. The zero-order valence-electron chi connectivity index (χ0n) is 7.88. The highest BCUT2D eigenvalue weighted by molar-refractivity contribution is 7.53. The molecule has 0 aromatic rings. The number of aliphatic carboxylic acids is 1. The zero-order valence-corrected chi connectivity index (χ0v) is 8.78. The van der Waals surface area contributed by atoms with E-state index in [0.29, 0.717) is 6.42 Å². The molecule has 0 aromatic heterocycles. The Labute approximate surface area is 81.7 Å². The van der Waals surface area contributed by atoms with E-state index in [1.807, 2.05) is 0 Å². The number of carboxylic acid groups (broad SMARTS) is 1. The van der Waals surface area contributed by atoms with E-state index in [1.165, 1.54) is 0 Å². The Bertz CT molecular complexity index is 243. The first-order valence-electron chi connectivity index (χ1n) is 4.16. The predicted octanol–water partition coefficient (Wildman–Crippen LogP) is 0.518. The number of aliphatic hydroxyl groups is 1. The smallest absolute Gasteiger partial charge is 0.356 e. The van der Waals surface area contributed by atoms with Gasteiger partial charge in [0.2, 0.25) is 0 Å². The average molecular weight is 226 g/mol. The summed E-state index contributed by atoms with van der Waals surface area (Å²) in [5, 5.41) is 15.5. The van der Waals surface area contributed by atoms with Gasteiger partial charge in [-0.3, -0.25) is 9.36 Å². The van der Waals surface area contributed by atoms with Crippen molar-refractivity contribution in [1.82, 2.24) is 0 Å². The molecule has 1 atom stereocenters. The van der Waals surface area contributed by atoms with Crippen molar-refractivity contribution in [3.05, 3.63) is 0 Å². The van der Waals surface area contributed by atoms with E-state index in [0.717, 1.165) is 6.92 Å². The molecule has 84 valence electrons. The molecular weight excluding hydrogens is 211 g/mol. The maximum atomic E-state index is 10.7. The van der Waals surface area contributed by atoms with Crippen molar-refractivity contribution in [1.29, 1.82) is 0 Å². The van der Waals surface area contributed by atoms with Gasteiger partial charge in [-0.2, -0.15) is 0 Å². The summed E-state index contributed by atoms with van der Waals surface area (Å²) in [4.78, 5) is 27.5. The first-order valence-corrected chi connectivity index (χ1v) is 5.78. The molecule has 0 aliphatic carbocycles. The number of rotatable bonds is 6. The van der Waals surface area contributed by atoms with Crippen LogP contribution < -0.4 is 0 Å². The Kier molecular flexibility index (Phi) is 4.74. The van der Waals surface area contributed by atoms with Crippen LogP contribution in [-0.4, -0.2) is 31.3 Å². The number of hydrogen-bond acceptors (Lipinski definition) is 3. The molecule has 0 amide bonds. The summed E-state index contributed by atoms with van der Waals surface area (Å²) in [7, 11) is -4.52. The molecule has 0 saturated carbocycles. The molecule has 0 fully saturated rings. The Balaban J connectivity index is 3.89. The molecule has 1 unspecified atom stereocenters. The highest BCUT2D eigenvalue weighted by Gasteiger charge is 2.39. The third kappa shape index (κ3) is 4.72. The van der Waals surface area contributed by atoms with Gasteiger partial charge in [-0.15, -0.1) is 0 Å². The van der Waals surface area contributed by atoms with Gasteiger partial charge in [0, 0.05) is 6.42 Å². The van der Waals surface area contributed by atoms with Crippen LogP contribution in [0.4, 0.5) is 0 Å². The SMILES string of the molecule is CC(O)(CCCCC(=O)O)P(=O)(O)O. The van der Waals surface area contributed by atoms with Crippen molar-refractivity contribution in [2.45, 2.75) is 37.9 Å². The lowest BCUT2D eigenvalue weighted by atomic mass is 10.1. The van der Waals surface area contributed by atoms with E-state index in [1.54, 1.807) is 0 Å². The second-order valence-corrected chi connectivity index (χ2v) is 5.41. The summed E-state index contributed by atoms with van der Waals surface area (Å²) >= 11 is 0. The normalized spacial score (nSPS) is 16.3. The topological polar surface area (TPSA) is 115 Å². The average Bonchev–Trinajstić information content (AvgIpc) is 1.95. The fourth-order valence-electron chi connectivity index (χ4n) is 0.882. The third-order valence-electron chi connectivity index (χ3n) is 1.92. The largest absolute Gasteiger partial charge is 0.481 e. The van der Waals surface area contributed by atoms with Gasteiger partial charge >= 0.3 is 13.6 Å². The lowest BCUT2D eigenvalue weighted by Crippen LogP contribution is -2.23. The van der Waals surface area contributed by atoms with Crippen LogP contribution in [-0.2, 0) is 9.36 Å². The first kappa shape index (κ1) is 13.6. The number of hydrogen-bond donors (Lipinski definition) is 4. The Hall–Kier alpha value is -0.420. The second-order valence-electron chi connectivity index (χ2n) is 3.36. The van der Waals surface area contributed by atoms with E-state index in [9.17, 15) is 14.5 Å². The first-order chi connectivity index (χ1) is 6.17. The Morgan fingerprint density at radius 1 is 1.36 bits per heavy atom. The minimum absolute atomic E-state index is 0.0583. The summed E-state index contributed by atoms with van der Waals surface area (Å²) in [5.74, 6) is -0.958. The van der Waals surface area contributed by atoms with Gasteiger partial charge in [0.25, 0.3) is 0 Å². The Morgan fingerprint density at radius 3 is 2.21 bits per heavy atom. The quantitative estimate of drug-likeness (QED) is 0.387. The van der Waals surface area contributed by atoms with Gasteiger partial charge in [-0.1, -0.05) is 0 Å². The number of carbonyl (C=O) groups is 1. The van der Waals surface area contributed by atoms with E-state index < -0.39 is 18.9 Å². The minimum Gasteiger partial charge on any atom is -0.481 e. The van der Waals surface area contributed by atoms with Gasteiger partial charge in [0.05, 0.1) is 0 Å². The molecule has 14 heavy (non-hydrogen) atoms. The zero-order chi connectivity index (χ0) is 11.4. The molecule has 0 bridgehead atoms. The van der Waals surface area contributed by atoms with Crippen LogP contribution in [0.25, 0.3) is 0 Å². The summed E-state index contributed by atoms with van der Waals surface area (Å²) in [6.45, 7) is 1.05. The van der Waals surface area contributed by atoms with Crippen LogP contribution >= 0.6 is 7.60 Å². The van der Waals surface area contributed by atoms with E-state index in [-0.39, 0.29) is 19.3 Å². The predicted molar refractivity (Wildman–Crippen MR) is 48.8 cm³/mol. The molecule has 7 heteroatoms. The second kappa shape index (κ2) is 4.89. The third-order valence-corrected chi connectivity index (χ3v) is 3.40. The molecule has 6 nitrogen and oxygen atoms in total. The van der Waals surface area contributed by atoms with Crippen LogP contribution in [0.2, 0.25) is 0 Å². The van der Waals surface area contributed by atoms with Crippen molar-refractivity contribution < 1.29 is 29.4 Å². The Morgan fingerprint density at radius 2 is 1.86 bits per heavy atom. The fraction of sp³-hybridized carbons (Fsp3) is 0.857. The summed E-state index contributed by atoms with van der Waals surface area (Å²) < 4.78 is 10.7. The van der Waals surface area contributed by atoms with E-state index in [4.69, 9.17) is 14.9 Å². The van der Waals surface area contributed by atoms with Gasteiger partial charge in [-0.25, -0.2) is 0 Å². The van der Waals surface area contributed by atoms with Crippen LogP contribution in [0.15, 0.2) is 0 Å². The highest BCUT2D eigenvalue weighted by atomic mass is 31.2. The minimum atomic E-state index is -4.52. The van der Waals surface area contributed by atoms with E-state index in [2.05, 4.69) is 0 Å². The number of unbranched alkanes of at least 4 members (excludes halogenated alkanes) is 1. The summed E-state index contributed by atoms with van der Waals surface area (Å²) in [6.07, 6.45) is 0.400. The maximum Gasteiger partial charge on any atom is 0.356 e. The van der Waals surface area contributed by atoms with Crippen LogP contribution in [0, 0.1) is 0 Å². The fourth-order valence-corrected chi connectivity index (χ4v) is 1.33. The number of carboxylic acids is 1. The molecule has 0 heterocycles. The summed E-state index contributed by atoms with van der Waals surface area (Å²) in [5.41, 5.74) is 0. The van der Waals surface area contributed by atoms with Crippen molar-refractivity contribution in [2.24, 2.45) is 0 Å². The van der Waals surface area contributed by atoms with Gasteiger partial charge in [0.1, 0.15) is 0 Å². The maximum absolute atomic E-state index is 10.7. The van der Waals surface area contributed by atoms with Gasteiger partial charge in [-0.05, 0) is 26.2 Å². The summed E-state index contributed by atoms with van der Waals surface area (Å²) in [6, 6.07) is 0. The molecule has 0 saturated heterocycles. The monoisotopic (exact) mass is 226 g/mol. The van der Waals surface area contributed by atoms with Crippen molar-refractivity contribution in [3.63, 3.8) is 0 Å². The molecule has 0 aliphatic heterocycles. The lowest BCUT2D eigenvalue weighted by molar-refractivity contribution is -0.137. The molecule has 4 N–H and O–H groups in total. The van der Waals surface area contributed by atoms with Crippen molar-refractivity contribution in [3.8, 4) is 0 Å². The van der Waals surface area contributed by atoms with Crippen LogP contribution in [0.1, 0.15) is 32.6 Å². The van der Waals surface area contributed by atoms with Gasteiger partial charge in [0.15, 0.2) is 5.34 Å². The van der Waals surface area contributed by atoms with Crippen molar-refractivity contribution >= 4 is 13.6 Å². The van der Waals surface area contributed by atoms with Crippen molar-refractivity contribution in [2.75, 3.05) is 0 Å². The lowest BCUT2D eigenvalue weighted by Gasteiger charge is -2.23. The molecule has 0 rings (SSSR count). The molecule has 0 spiro atoms. The van der Waals surface area contributed by atoms with Crippen LogP contribution in [0.3, 0.4) is 0 Å².